The Labute approximate surface area is 162 Å². The molecule has 2 heterocycles. The van der Waals surface area contributed by atoms with Gasteiger partial charge in [-0.1, -0.05) is 18.2 Å². The molecule has 152 valence electrons. The van der Waals surface area contributed by atoms with Crippen molar-refractivity contribution in [1.29, 1.82) is 0 Å². The number of carbonyl (C=O) groups excluding carboxylic acids is 2. The fraction of sp³-hybridized carbons (Fsp3) is 0.500. The minimum Gasteiger partial charge on any atom is -0.491 e. The zero-order chi connectivity index (χ0) is 20.3. The molecule has 2 saturated heterocycles. The monoisotopic (exact) mass is 391 g/mol. The van der Waals surface area contributed by atoms with Gasteiger partial charge in [0.1, 0.15) is 24.6 Å². The molecule has 0 aromatic heterocycles. The molecule has 2 fully saturated rings. The summed E-state index contributed by atoms with van der Waals surface area (Å²) in [6, 6.07) is 7.83. The molecular formula is C18H25N5O5. The van der Waals surface area contributed by atoms with Crippen LogP contribution in [0.3, 0.4) is 0 Å². The third-order valence-electron chi connectivity index (χ3n) is 4.52. The lowest BCUT2D eigenvalue weighted by molar-refractivity contribution is -0.127. The van der Waals surface area contributed by atoms with E-state index in [4.69, 9.17) is 4.74 Å². The van der Waals surface area contributed by atoms with E-state index in [2.05, 4.69) is 15.6 Å². The topological polar surface area (TPSA) is 127 Å². The third-order valence-corrected chi connectivity index (χ3v) is 4.52. The molecule has 0 bridgehead atoms. The molecule has 3 amide bonds. The highest BCUT2D eigenvalue weighted by molar-refractivity contribution is 6.04. The van der Waals surface area contributed by atoms with Crippen LogP contribution in [0.15, 0.2) is 35.3 Å². The second-order valence-corrected chi connectivity index (χ2v) is 6.88. The number of aliphatic hydroxyl groups is 2. The number of ether oxygens (including phenoxy) is 1. The van der Waals surface area contributed by atoms with E-state index in [9.17, 15) is 19.8 Å². The standard InChI is InChI=1S/C18H25N5O5/c1-11(24)8-19-17-20-15-14(16(26)21-18(27)22(15)2)23(17)9-12(25)10-28-13-6-4-3-5-7-13/h3-7,11-12,14-15,24-25H,8-10H2,1-2H3,(H,19,20)(H,21,26,27). The SMILES string of the molecule is CC(O)CN=C1NC2C(C(=O)NC(=O)N2C)N1CC(O)COc1ccccc1. The maximum Gasteiger partial charge on any atom is 0.325 e. The van der Waals surface area contributed by atoms with Crippen LogP contribution in [-0.2, 0) is 4.79 Å². The first-order valence-electron chi connectivity index (χ1n) is 9.06. The summed E-state index contributed by atoms with van der Waals surface area (Å²) >= 11 is 0. The van der Waals surface area contributed by atoms with E-state index in [-0.39, 0.29) is 19.7 Å². The highest BCUT2D eigenvalue weighted by atomic mass is 16.5. The number of amides is 3. The zero-order valence-electron chi connectivity index (χ0n) is 15.8. The molecule has 4 N–H and O–H groups in total. The zero-order valence-corrected chi connectivity index (χ0v) is 15.8. The van der Waals surface area contributed by atoms with Gasteiger partial charge in [-0.2, -0.15) is 0 Å². The van der Waals surface area contributed by atoms with Gasteiger partial charge < -0.3 is 30.1 Å². The van der Waals surface area contributed by atoms with Crippen LogP contribution >= 0.6 is 0 Å². The van der Waals surface area contributed by atoms with Crippen LogP contribution in [0.1, 0.15) is 6.92 Å². The molecule has 0 aliphatic carbocycles. The fourth-order valence-corrected chi connectivity index (χ4v) is 3.13. The minimum absolute atomic E-state index is 0.0258. The number of carbonyl (C=O) groups is 2. The summed E-state index contributed by atoms with van der Waals surface area (Å²) in [5.74, 6) is 0.494. The van der Waals surface area contributed by atoms with Crippen LogP contribution in [0.5, 0.6) is 5.75 Å². The number of fused-ring (bicyclic) bond motifs is 1. The number of imide groups is 1. The maximum atomic E-state index is 12.4. The highest BCUT2D eigenvalue weighted by Gasteiger charge is 2.50. The molecule has 2 aliphatic heterocycles. The van der Waals surface area contributed by atoms with E-state index < -0.39 is 36.4 Å². The molecule has 1 aromatic rings. The number of rotatable bonds is 7. The first-order chi connectivity index (χ1) is 13.4. The first kappa shape index (κ1) is 19.9. The van der Waals surface area contributed by atoms with Crippen molar-refractivity contribution in [2.75, 3.05) is 26.7 Å². The van der Waals surface area contributed by atoms with Gasteiger partial charge in [-0.25, -0.2) is 4.79 Å². The number of urea groups is 1. The second kappa shape index (κ2) is 8.44. The van der Waals surface area contributed by atoms with Crippen LogP contribution in [0, 0.1) is 0 Å². The summed E-state index contributed by atoms with van der Waals surface area (Å²) in [5, 5.41) is 25.3. The number of para-hydroxylation sites is 1. The van der Waals surface area contributed by atoms with Crippen LogP contribution in [-0.4, -0.2) is 89.1 Å². The largest absolute Gasteiger partial charge is 0.491 e. The van der Waals surface area contributed by atoms with E-state index >= 15 is 0 Å². The third kappa shape index (κ3) is 4.34. The van der Waals surface area contributed by atoms with Gasteiger partial charge in [0.15, 0.2) is 12.0 Å². The van der Waals surface area contributed by atoms with Gasteiger partial charge in [0.05, 0.1) is 19.2 Å². The average molecular weight is 391 g/mol. The van der Waals surface area contributed by atoms with E-state index in [0.717, 1.165) is 0 Å². The molecule has 0 saturated carbocycles. The number of aliphatic imine (C=N–C) groups is 1. The number of hydrogen-bond donors (Lipinski definition) is 4. The number of β-amino-alcohol motifs (C(OH)–C–C–N with tert-alkyl or cyclic N) is 1. The maximum absolute atomic E-state index is 12.4. The van der Waals surface area contributed by atoms with Crippen molar-refractivity contribution >= 4 is 17.9 Å². The van der Waals surface area contributed by atoms with Gasteiger partial charge in [0.25, 0.3) is 5.91 Å². The first-order valence-corrected chi connectivity index (χ1v) is 9.06. The number of likely N-dealkylation sites (N-methyl/N-ethyl adjacent to an activating group) is 1. The van der Waals surface area contributed by atoms with Gasteiger partial charge in [-0.3, -0.25) is 15.1 Å². The van der Waals surface area contributed by atoms with Crippen molar-refractivity contribution in [1.82, 2.24) is 20.4 Å². The summed E-state index contributed by atoms with van der Waals surface area (Å²) in [6.45, 7) is 1.81. The van der Waals surface area contributed by atoms with Crippen molar-refractivity contribution in [3.05, 3.63) is 30.3 Å². The van der Waals surface area contributed by atoms with Crippen LogP contribution < -0.4 is 15.4 Å². The Balaban J connectivity index is 1.73. The van der Waals surface area contributed by atoms with Crippen molar-refractivity contribution in [2.24, 2.45) is 4.99 Å². The van der Waals surface area contributed by atoms with Crippen LogP contribution in [0.4, 0.5) is 4.79 Å². The number of nitrogens with zero attached hydrogens (tertiary/aromatic N) is 3. The molecule has 1 aromatic carbocycles. The summed E-state index contributed by atoms with van der Waals surface area (Å²) < 4.78 is 5.57. The molecular weight excluding hydrogens is 366 g/mol. The Morgan fingerprint density at radius 3 is 2.64 bits per heavy atom. The van der Waals surface area contributed by atoms with Gasteiger partial charge in [-0.05, 0) is 19.1 Å². The molecule has 4 atom stereocenters. The Kier molecular flexibility index (Phi) is 6.00. The van der Waals surface area contributed by atoms with Crippen molar-refractivity contribution in [2.45, 2.75) is 31.3 Å². The number of hydrogen-bond acceptors (Lipinski definition) is 6. The molecule has 10 heteroatoms. The van der Waals surface area contributed by atoms with Crippen LogP contribution in [0.2, 0.25) is 0 Å². The van der Waals surface area contributed by atoms with Gasteiger partial charge in [0, 0.05) is 7.05 Å². The lowest BCUT2D eigenvalue weighted by Gasteiger charge is -2.35. The Bertz CT molecular complexity index is 741. The molecule has 10 nitrogen and oxygen atoms in total. The number of nitrogens with one attached hydrogen (secondary N) is 2. The summed E-state index contributed by atoms with van der Waals surface area (Å²) in [5.41, 5.74) is 0. The molecule has 2 aliphatic rings. The van der Waals surface area contributed by atoms with Gasteiger partial charge in [0.2, 0.25) is 0 Å². The van der Waals surface area contributed by atoms with E-state index in [1.807, 2.05) is 18.2 Å². The Morgan fingerprint density at radius 2 is 1.96 bits per heavy atom. The van der Waals surface area contributed by atoms with Crippen molar-refractivity contribution in [3.8, 4) is 5.75 Å². The van der Waals surface area contributed by atoms with E-state index in [0.29, 0.717) is 11.7 Å². The van der Waals surface area contributed by atoms with Crippen molar-refractivity contribution < 1.29 is 24.5 Å². The van der Waals surface area contributed by atoms with E-state index in [1.54, 1.807) is 31.0 Å². The summed E-state index contributed by atoms with van der Waals surface area (Å²) in [6.07, 6.45) is -2.19. The Morgan fingerprint density at radius 1 is 1.25 bits per heavy atom. The normalized spacial score (nSPS) is 25.2. The number of guanidine groups is 1. The van der Waals surface area contributed by atoms with Gasteiger partial charge >= 0.3 is 6.03 Å². The summed E-state index contributed by atoms with van der Waals surface area (Å²) in [7, 11) is 1.57. The minimum atomic E-state index is -0.909. The average Bonchev–Trinajstić information content (AvgIpc) is 3.02. The second-order valence-electron chi connectivity index (χ2n) is 6.88. The van der Waals surface area contributed by atoms with Crippen molar-refractivity contribution in [3.63, 3.8) is 0 Å². The molecule has 0 radical (unpaired) electrons. The fourth-order valence-electron chi connectivity index (χ4n) is 3.13. The molecule has 4 unspecified atom stereocenters. The lowest BCUT2D eigenvalue weighted by atomic mass is 10.1. The molecule has 0 spiro atoms. The molecule has 28 heavy (non-hydrogen) atoms. The summed E-state index contributed by atoms with van der Waals surface area (Å²) in [4.78, 5) is 31.6. The highest BCUT2D eigenvalue weighted by Crippen LogP contribution is 2.21. The smallest absolute Gasteiger partial charge is 0.325 e. The predicted octanol–water partition coefficient (Wildman–Crippen LogP) is -1.06. The number of aliphatic hydroxyl groups excluding tert-OH is 2. The Hall–Kier alpha value is -2.85. The molecule has 3 rings (SSSR count). The number of benzene rings is 1. The predicted molar refractivity (Wildman–Crippen MR) is 101 cm³/mol. The quantitative estimate of drug-likeness (QED) is 0.467. The van der Waals surface area contributed by atoms with Gasteiger partial charge in [-0.15, -0.1) is 0 Å². The van der Waals surface area contributed by atoms with Crippen LogP contribution in [0.25, 0.3) is 0 Å². The van der Waals surface area contributed by atoms with E-state index in [1.165, 1.54) is 4.90 Å². The lowest BCUT2D eigenvalue weighted by Crippen LogP contribution is -2.65.